The van der Waals surface area contributed by atoms with E-state index in [4.69, 9.17) is 4.74 Å². The summed E-state index contributed by atoms with van der Waals surface area (Å²) >= 11 is 0. The van der Waals surface area contributed by atoms with Gasteiger partial charge in [-0.15, -0.1) is 0 Å². The molecule has 0 aliphatic rings. The van der Waals surface area contributed by atoms with Crippen molar-refractivity contribution in [2.45, 2.75) is 6.92 Å². The SMILES string of the molecule is CCOC(=O)c1ccc(N(C)C)cc1.O=C(C(=O)c1ccccc1)c1ccccc1. The van der Waals surface area contributed by atoms with Gasteiger partial charge in [-0.05, 0) is 31.2 Å². The third-order valence-electron chi connectivity index (χ3n) is 4.17. The van der Waals surface area contributed by atoms with E-state index in [1.807, 2.05) is 43.3 Å². The van der Waals surface area contributed by atoms with Gasteiger partial charge in [0.05, 0.1) is 12.2 Å². The quantitative estimate of drug-likeness (QED) is 0.340. The molecule has 5 nitrogen and oxygen atoms in total. The van der Waals surface area contributed by atoms with Crippen LogP contribution in [0.1, 0.15) is 38.0 Å². The monoisotopic (exact) mass is 403 g/mol. The van der Waals surface area contributed by atoms with Gasteiger partial charge in [-0.2, -0.15) is 0 Å². The van der Waals surface area contributed by atoms with E-state index in [9.17, 15) is 14.4 Å². The second-order valence-electron chi connectivity index (χ2n) is 6.55. The third-order valence-corrected chi connectivity index (χ3v) is 4.17. The van der Waals surface area contributed by atoms with Crippen LogP contribution in [0, 0.1) is 0 Å². The Kier molecular flexibility index (Phi) is 8.51. The summed E-state index contributed by atoms with van der Waals surface area (Å²) in [7, 11) is 3.92. The highest BCUT2D eigenvalue weighted by Crippen LogP contribution is 2.12. The lowest BCUT2D eigenvalue weighted by atomic mass is 10.0. The molecule has 0 saturated carbocycles. The molecule has 30 heavy (non-hydrogen) atoms. The van der Waals surface area contributed by atoms with Crippen molar-refractivity contribution in [2.24, 2.45) is 0 Å². The Bertz CT molecular complexity index is 916. The third kappa shape index (κ3) is 6.41. The van der Waals surface area contributed by atoms with Gasteiger partial charge in [-0.3, -0.25) is 9.59 Å². The summed E-state index contributed by atoms with van der Waals surface area (Å²) in [6, 6.07) is 24.5. The molecule has 0 atom stereocenters. The molecule has 0 aromatic heterocycles. The normalized spacial score (nSPS) is 9.70. The van der Waals surface area contributed by atoms with Crippen molar-refractivity contribution in [3.8, 4) is 0 Å². The second kappa shape index (κ2) is 11.3. The lowest BCUT2D eigenvalue weighted by Gasteiger charge is -2.12. The number of carbonyl (C=O) groups excluding carboxylic acids is 3. The molecular weight excluding hydrogens is 378 g/mol. The standard InChI is InChI=1S/C14H10O2.C11H15NO2/c15-13(11-7-3-1-4-8-11)14(16)12-9-5-2-6-10-12;1-4-14-11(13)9-5-7-10(8-6-9)12(2)3/h1-10H;5-8H,4H2,1-3H3. The molecule has 0 saturated heterocycles. The summed E-state index contributed by atoms with van der Waals surface area (Å²) in [6.45, 7) is 2.21. The molecule has 0 heterocycles. The number of nitrogens with zero attached hydrogens (tertiary/aromatic N) is 1. The van der Waals surface area contributed by atoms with Gasteiger partial charge in [0.1, 0.15) is 0 Å². The van der Waals surface area contributed by atoms with Crippen LogP contribution in [0.2, 0.25) is 0 Å². The average Bonchev–Trinajstić information content (AvgIpc) is 2.80. The van der Waals surface area contributed by atoms with E-state index < -0.39 is 11.6 Å². The summed E-state index contributed by atoms with van der Waals surface area (Å²) in [6.07, 6.45) is 0. The molecule has 154 valence electrons. The van der Waals surface area contributed by atoms with Crippen LogP contribution in [-0.4, -0.2) is 38.2 Å². The number of carbonyl (C=O) groups is 3. The second-order valence-corrected chi connectivity index (χ2v) is 6.55. The lowest BCUT2D eigenvalue weighted by molar-refractivity contribution is 0.0526. The van der Waals surface area contributed by atoms with Crippen molar-refractivity contribution in [3.05, 3.63) is 102 Å². The number of benzene rings is 3. The number of hydrogen-bond donors (Lipinski definition) is 0. The van der Waals surface area contributed by atoms with Gasteiger partial charge in [0.2, 0.25) is 11.6 Å². The van der Waals surface area contributed by atoms with E-state index in [1.165, 1.54) is 0 Å². The first-order valence-electron chi connectivity index (χ1n) is 9.57. The van der Waals surface area contributed by atoms with Gasteiger partial charge < -0.3 is 9.64 Å². The molecule has 0 aliphatic carbocycles. The van der Waals surface area contributed by atoms with Crippen LogP contribution < -0.4 is 4.90 Å². The first-order chi connectivity index (χ1) is 14.4. The number of esters is 1. The van der Waals surface area contributed by atoms with Gasteiger partial charge in [-0.1, -0.05) is 60.7 Å². The van der Waals surface area contributed by atoms with Crippen LogP contribution >= 0.6 is 0 Å². The van der Waals surface area contributed by atoms with Crippen LogP contribution in [0.4, 0.5) is 5.69 Å². The zero-order valence-corrected chi connectivity index (χ0v) is 17.4. The van der Waals surface area contributed by atoms with E-state index in [0.29, 0.717) is 23.3 Å². The zero-order valence-electron chi connectivity index (χ0n) is 17.4. The number of hydrogen-bond acceptors (Lipinski definition) is 5. The number of ketones is 2. The largest absolute Gasteiger partial charge is 0.462 e. The minimum Gasteiger partial charge on any atom is -0.462 e. The summed E-state index contributed by atoms with van der Waals surface area (Å²) < 4.78 is 4.88. The first-order valence-corrected chi connectivity index (χ1v) is 9.57. The van der Waals surface area contributed by atoms with Gasteiger partial charge >= 0.3 is 5.97 Å². The van der Waals surface area contributed by atoms with Gasteiger partial charge in [-0.25, -0.2) is 4.79 Å². The highest BCUT2D eigenvalue weighted by molar-refractivity contribution is 6.49. The highest BCUT2D eigenvalue weighted by atomic mass is 16.5. The van der Waals surface area contributed by atoms with Crippen LogP contribution in [0.3, 0.4) is 0 Å². The predicted octanol–water partition coefficient (Wildman–Crippen LogP) is 4.68. The molecule has 3 aromatic carbocycles. The summed E-state index contributed by atoms with van der Waals surface area (Å²) in [5, 5.41) is 0. The van der Waals surface area contributed by atoms with Gasteiger partial charge in [0.15, 0.2) is 0 Å². The van der Waals surface area contributed by atoms with Crippen LogP contribution in [0.5, 0.6) is 0 Å². The van der Waals surface area contributed by atoms with E-state index in [2.05, 4.69) is 0 Å². The molecule has 0 spiro atoms. The number of rotatable bonds is 6. The molecular formula is C25H25NO4. The maximum atomic E-state index is 11.8. The number of ether oxygens (including phenoxy) is 1. The maximum absolute atomic E-state index is 11.8. The molecule has 5 heteroatoms. The Balaban J connectivity index is 0.000000216. The minimum atomic E-state index is -0.466. The fourth-order valence-corrected chi connectivity index (χ4v) is 2.55. The van der Waals surface area contributed by atoms with Crippen LogP contribution in [-0.2, 0) is 4.74 Å². The van der Waals surface area contributed by atoms with E-state index in [1.54, 1.807) is 67.6 Å². The first kappa shape index (κ1) is 22.6. The highest BCUT2D eigenvalue weighted by Gasteiger charge is 2.17. The molecule has 0 radical (unpaired) electrons. The Labute approximate surface area is 176 Å². The molecule has 3 aromatic rings. The Hall–Kier alpha value is -3.73. The van der Waals surface area contributed by atoms with Crippen LogP contribution in [0.25, 0.3) is 0 Å². The summed E-state index contributed by atoms with van der Waals surface area (Å²) in [5.41, 5.74) is 2.52. The fraction of sp³-hybridized carbons (Fsp3) is 0.160. The van der Waals surface area contributed by atoms with Crippen molar-refractivity contribution < 1.29 is 19.1 Å². The van der Waals surface area contributed by atoms with Crippen molar-refractivity contribution in [3.63, 3.8) is 0 Å². The molecule has 3 rings (SSSR count). The van der Waals surface area contributed by atoms with Crippen molar-refractivity contribution >= 4 is 23.2 Å². The molecule has 0 aliphatic heterocycles. The summed E-state index contributed by atoms with van der Waals surface area (Å²) in [5.74, 6) is -1.20. The number of anilines is 1. The maximum Gasteiger partial charge on any atom is 0.338 e. The Morgan fingerprint density at radius 3 is 1.47 bits per heavy atom. The summed E-state index contributed by atoms with van der Waals surface area (Å²) in [4.78, 5) is 36.9. The van der Waals surface area contributed by atoms with Crippen molar-refractivity contribution in [2.75, 3.05) is 25.6 Å². The Morgan fingerprint density at radius 2 is 1.10 bits per heavy atom. The molecule has 0 unspecified atom stereocenters. The molecule has 0 fully saturated rings. The molecule has 0 bridgehead atoms. The predicted molar refractivity (Wildman–Crippen MR) is 118 cm³/mol. The lowest BCUT2D eigenvalue weighted by Crippen LogP contribution is -2.14. The average molecular weight is 403 g/mol. The Morgan fingerprint density at radius 1 is 0.667 bits per heavy atom. The fourth-order valence-electron chi connectivity index (χ4n) is 2.55. The van der Waals surface area contributed by atoms with E-state index in [0.717, 1.165) is 5.69 Å². The topological polar surface area (TPSA) is 63.7 Å². The van der Waals surface area contributed by atoms with Gasteiger partial charge in [0, 0.05) is 30.9 Å². The van der Waals surface area contributed by atoms with Crippen LogP contribution in [0.15, 0.2) is 84.9 Å². The zero-order chi connectivity index (χ0) is 21.9. The number of Topliss-reactive ketones (excluding diaryl/α,β-unsaturated/α-hetero) is 2. The molecule has 0 amide bonds. The minimum absolute atomic E-state index is 0.266. The molecule has 0 N–H and O–H groups in total. The smallest absolute Gasteiger partial charge is 0.338 e. The van der Waals surface area contributed by atoms with Crippen molar-refractivity contribution in [1.82, 2.24) is 0 Å². The van der Waals surface area contributed by atoms with Crippen molar-refractivity contribution in [1.29, 1.82) is 0 Å². The van der Waals surface area contributed by atoms with E-state index >= 15 is 0 Å². The van der Waals surface area contributed by atoms with E-state index in [-0.39, 0.29) is 5.97 Å². The van der Waals surface area contributed by atoms with Gasteiger partial charge in [0.25, 0.3) is 0 Å².